The second-order valence-corrected chi connectivity index (χ2v) is 16.9. The fourth-order valence-corrected chi connectivity index (χ4v) is 5.40. The Bertz CT molecular complexity index is 1370. The van der Waals surface area contributed by atoms with Gasteiger partial charge in [-0.25, -0.2) is 14.4 Å². The molecule has 1 aromatic carbocycles. The molecule has 210 valence electrons. The predicted octanol–water partition coefficient (Wildman–Crippen LogP) is 6.76. The van der Waals surface area contributed by atoms with Crippen LogP contribution in [0, 0.1) is 0 Å². The van der Waals surface area contributed by atoms with Gasteiger partial charge in [0, 0.05) is 30.6 Å². The topological polar surface area (TPSA) is 78.3 Å². The third-order valence-electron chi connectivity index (χ3n) is 7.57. The van der Waals surface area contributed by atoms with Gasteiger partial charge >= 0.3 is 0 Å². The van der Waals surface area contributed by atoms with Crippen molar-refractivity contribution in [1.82, 2.24) is 14.5 Å². The summed E-state index contributed by atoms with van der Waals surface area (Å²) in [6, 6.07) is 9.63. The SMILES string of the molecule is CC(C)(C)[Si](C)(C)OC[C@H](c1ccc(Cl)c(Cl)c1)n1ccc(-c2ccnc(N[C@@H]3CCOC[C@H]3F)n2)cc1=O. The van der Waals surface area contributed by atoms with E-state index in [4.69, 9.17) is 32.4 Å². The van der Waals surface area contributed by atoms with Gasteiger partial charge in [-0.15, -0.1) is 0 Å². The Morgan fingerprint density at radius 1 is 1.21 bits per heavy atom. The van der Waals surface area contributed by atoms with E-state index in [1.54, 1.807) is 35.2 Å². The summed E-state index contributed by atoms with van der Waals surface area (Å²) in [6.07, 6.45) is 2.72. The molecule has 3 aromatic rings. The first-order chi connectivity index (χ1) is 18.4. The molecule has 3 heterocycles. The van der Waals surface area contributed by atoms with Gasteiger partial charge in [0.2, 0.25) is 5.95 Å². The number of ether oxygens (including phenoxy) is 1. The number of aromatic nitrogens is 3. The third-order valence-corrected chi connectivity index (χ3v) is 12.8. The predicted molar refractivity (Wildman–Crippen MR) is 157 cm³/mol. The van der Waals surface area contributed by atoms with Crippen molar-refractivity contribution in [3.8, 4) is 11.3 Å². The van der Waals surface area contributed by atoms with Crippen molar-refractivity contribution in [3.63, 3.8) is 0 Å². The fourth-order valence-electron chi connectivity index (χ4n) is 4.09. The minimum atomic E-state index is -2.10. The Kier molecular flexibility index (Phi) is 9.18. The average Bonchev–Trinajstić information content (AvgIpc) is 2.88. The quantitative estimate of drug-likeness (QED) is 0.291. The number of pyridine rings is 1. The molecule has 1 N–H and O–H groups in total. The van der Waals surface area contributed by atoms with Crippen LogP contribution in [0.15, 0.2) is 53.6 Å². The highest BCUT2D eigenvalue weighted by Gasteiger charge is 2.38. The molecule has 1 aliphatic rings. The first kappa shape index (κ1) is 29.7. The molecule has 1 aliphatic heterocycles. The van der Waals surface area contributed by atoms with Crippen LogP contribution in [0.5, 0.6) is 0 Å². The molecule has 2 aromatic heterocycles. The molecule has 7 nitrogen and oxygen atoms in total. The lowest BCUT2D eigenvalue weighted by Crippen LogP contribution is -2.43. The summed E-state index contributed by atoms with van der Waals surface area (Å²) in [5, 5.41) is 3.93. The number of nitrogens with zero attached hydrogens (tertiary/aromatic N) is 3. The number of benzene rings is 1. The maximum atomic E-state index is 14.2. The molecule has 0 bridgehead atoms. The number of hydrogen-bond acceptors (Lipinski definition) is 6. The second-order valence-electron chi connectivity index (χ2n) is 11.3. The van der Waals surface area contributed by atoms with E-state index in [9.17, 15) is 9.18 Å². The van der Waals surface area contributed by atoms with Crippen molar-refractivity contribution in [1.29, 1.82) is 0 Å². The Morgan fingerprint density at radius 2 is 1.97 bits per heavy atom. The van der Waals surface area contributed by atoms with Crippen LogP contribution in [-0.2, 0) is 9.16 Å². The molecule has 4 rings (SSSR count). The molecule has 0 aliphatic carbocycles. The van der Waals surface area contributed by atoms with E-state index in [1.165, 1.54) is 6.07 Å². The summed E-state index contributed by atoms with van der Waals surface area (Å²) in [6.45, 7) is 11.7. The lowest BCUT2D eigenvalue weighted by Gasteiger charge is -2.37. The van der Waals surface area contributed by atoms with Gasteiger partial charge in [-0.3, -0.25) is 4.79 Å². The molecular weight excluding hydrogens is 558 g/mol. The Morgan fingerprint density at radius 3 is 2.64 bits per heavy atom. The normalized spacial score (nSPS) is 19.1. The number of alkyl halides is 1. The van der Waals surface area contributed by atoms with Gasteiger partial charge in [-0.2, -0.15) is 0 Å². The number of halogens is 3. The lowest BCUT2D eigenvalue weighted by molar-refractivity contribution is 0.0284. The van der Waals surface area contributed by atoms with Gasteiger partial charge in [0.1, 0.15) is 6.17 Å². The van der Waals surface area contributed by atoms with Crippen LogP contribution in [0.2, 0.25) is 28.2 Å². The fraction of sp³-hybridized carbons (Fsp3) is 0.464. The summed E-state index contributed by atoms with van der Waals surface area (Å²) < 4.78 is 27.6. The van der Waals surface area contributed by atoms with E-state index in [-0.39, 0.29) is 17.2 Å². The lowest BCUT2D eigenvalue weighted by atomic mass is 10.1. The molecule has 11 heteroatoms. The monoisotopic (exact) mass is 592 g/mol. The van der Waals surface area contributed by atoms with E-state index in [0.29, 0.717) is 46.9 Å². The molecule has 0 amide bonds. The zero-order valence-electron chi connectivity index (χ0n) is 22.9. The molecular formula is C28H35Cl2FN4O3Si. The van der Waals surface area contributed by atoms with Gasteiger partial charge < -0.3 is 19.0 Å². The van der Waals surface area contributed by atoms with E-state index in [1.807, 2.05) is 12.1 Å². The minimum absolute atomic E-state index is 0.00951. The van der Waals surface area contributed by atoms with Crippen LogP contribution in [0.3, 0.4) is 0 Å². The zero-order valence-corrected chi connectivity index (χ0v) is 25.4. The molecule has 3 atom stereocenters. The van der Waals surface area contributed by atoms with Crippen LogP contribution >= 0.6 is 23.2 Å². The first-order valence-corrected chi connectivity index (χ1v) is 16.6. The molecule has 1 fully saturated rings. The summed E-state index contributed by atoms with van der Waals surface area (Å²) >= 11 is 12.5. The van der Waals surface area contributed by atoms with E-state index < -0.39 is 26.6 Å². The summed E-state index contributed by atoms with van der Waals surface area (Å²) in [7, 11) is -2.10. The first-order valence-electron chi connectivity index (χ1n) is 13.0. The maximum absolute atomic E-state index is 14.2. The van der Waals surface area contributed by atoms with Crippen LogP contribution < -0.4 is 10.9 Å². The molecule has 0 saturated carbocycles. The van der Waals surface area contributed by atoms with Crippen LogP contribution in [-0.4, -0.2) is 54.9 Å². The average molecular weight is 594 g/mol. The van der Waals surface area contributed by atoms with Crippen LogP contribution in [0.25, 0.3) is 11.3 Å². The molecule has 0 spiro atoms. The number of rotatable bonds is 8. The van der Waals surface area contributed by atoms with E-state index in [2.05, 4.69) is 49.1 Å². The van der Waals surface area contributed by atoms with Crippen molar-refractivity contribution >= 4 is 37.5 Å². The van der Waals surface area contributed by atoms with Crippen molar-refractivity contribution in [3.05, 3.63) is 74.8 Å². The second kappa shape index (κ2) is 12.1. The molecule has 39 heavy (non-hydrogen) atoms. The molecule has 0 unspecified atom stereocenters. The Labute approximate surface area is 239 Å². The third kappa shape index (κ3) is 7.07. The van der Waals surface area contributed by atoms with E-state index in [0.717, 1.165) is 5.56 Å². The van der Waals surface area contributed by atoms with Crippen molar-refractivity contribution in [2.24, 2.45) is 0 Å². The van der Waals surface area contributed by atoms with E-state index >= 15 is 0 Å². The molecule has 1 saturated heterocycles. The zero-order chi connectivity index (χ0) is 28.4. The maximum Gasteiger partial charge on any atom is 0.251 e. The Balaban J connectivity index is 1.63. The van der Waals surface area contributed by atoms with Gasteiger partial charge in [-0.1, -0.05) is 50.0 Å². The summed E-state index contributed by atoms with van der Waals surface area (Å²) in [4.78, 5) is 22.3. The number of anilines is 1. The van der Waals surface area contributed by atoms with Gasteiger partial charge in [0.05, 0.1) is 41.0 Å². The standard InChI is InChI=1S/C28H35Cl2FN4O3Si/c1-28(2,3)39(4,5)38-17-25(19-6-7-20(29)21(30)14-19)35-12-9-18(15-26(35)36)23-8-11-32-27(33-23)34-24-10-13-37-16-22(24)31/h6-9,11-12,14-15,22,24-25H,10,13,16-17H2,1-5H3,(H,32,33,34)/t22-,24-,25-/m1/s1. The van der Waals surface area contributed by atoms with Crippen molar-refractivity contribution in [2.75, 3.05) is 25.1 Å². The van der Waals surface area contributed by atoms with Gasteiger partial charge in [0.25, 0.3) is 5.56 Å². The largest absolute Gasteiger partial charge is 0.414 e. The summed E-state index contributed by atoms with van der Waals surface area (Å²) in [5.41, 5.74) is 1.79. The highest BCUT2D eigenvalue weighted by atomic mass is 35.5. The highest BCUT2D eigenvalue weighted by molar-refractivity contribution is 6.74. The van der Waals surface area contributed by atoms with Gasteiger partial charge in [0.15, 0.2) is 8.32 Å². The minimum Gasteiger partial charge on any atom is -0.414 e. The molecule has 0 radical (unpaired) electrons. The number of nitrogens with one attached hydrogen (secondary N) is 1. The number of hydrogen-bond donors (Lipinski definition) is 1. The van der Waals surface area contributed by atoms with Crippen LogP contribution in [0.1, 0.15) is 38.8 Å². The van der Waals surface area contributed by atoms with Crippen molar-refractivity contribution in [2.45, 2.75) is 63.6 Å². The van der Waals surface area contributed by atoms with Gasteiger partial charge in [-0.05, 0) is 54.4 Å². The smallest absolute Gasteiger partial charge is 0.251 e. The van der Waals surface area contributed by atoms with Crippen LogP contribution in [0.4, 0.5) is 10.3 Å². The highest BCUT2D eigenvalue weighted by Crippen LogP contribution is 2.38. The van der Waals surface area contributed by atoms with Crippen molar-refractivity contribution < 1.29 is 13.6 Å². The Hall–Kier alpha value is -2.30. The summed E-state index contributed by atoms with van der Waals surface area (Å²) in [5.74, 6) is 0.308.